The lowest BCUT2D eigenvalue weighted by Crippen LogP contribution is -2.16. The highest BCUT2D eigenvalue weighted by Gasteiger charge is 2.23. The summed E-state index contributed by atoms with van der Waals surface area (Å²) >= 11 is 0. The van der Waals surface area contributed by atoms with Crippen molar-refractivity contribution in [2.45, 2.75) is 19.4 Å². The van der Waals surface area contributed by atoms with Crippen LogP contribution in [0.25, 0.3) is 0 Å². The van der Waals surface area contributed by atoms with Crippen molar-refractivity contribution in [3.05, 3.63) is 0 Å². The summed E-state index contributed by atoms with van der Waals surface area (Å²) in [7, 11) is 0. The molecule has 0 unspecified atom stereocenters. The van der Waals surface area contributed by atoms with E-state index in [1.54, 1.807) is 0 Å². The SMILES string of the molecule is CC[C@H]1COC[C@H]1O. The lowest BCUT2D eigenvalue weighted by Gasteiger charge is -2.06. The first-order chi connectivity index (χ1) is 3.84. The summed E-state index contributed by atoms with van der Waals surface area (Å²) in [4.78, 5) is 0. The van der Waals surface area contributed by atoms with Crippen molar-refractivity contribution in [3.8, 4) is 0 Å². The predicted molar refractivity (Wildman–Crippen MR) is 30.6 cm³/mol. The molecule has 1 N–H and O–H groups in total. The van der Waals surface area contributed by atoms with Crippen LogP contribution in [0.2, 0.25) is 0 Å². The van der Waals surface area contributed by atoms with Crippen LogP contribution in [0, 0.1) is 5.92 Å². The summed E-state index contributed by atoms with van der Waals surface area (Å²) in [5.74, 6) is 0.398. The zero-order valence-corrected chi connectivity index (χ0v) is 5.13. The maximum atomic E-state index is 9.06. The van der Waals surface area contributed by atoms with Gasteiger partial charge in [-0.2, -0.15) is 0 Å². The van der Waals surface area contributed by atoms with Crippen LogP contribution in [0.15, 0.2) is 0 Å². The van der Waals surface area contributed by atoms with Crippen molar-refractivity contribution >= 4 is 0 Å². The Morgan fingerprint density at radius 3 is 2.62 bits per heavy atom. The molecule has 1 aliphatic rings. The number of hydrogen-bond donors (Lipinski definition) is 1. The molecule has 1 aliphatic heterocycles. The third kappa shape index (κ3) is 1.01. The quantitative estimate of drug-likeness (QED) is 0.537. The van der Waals surface area contributed by atoms with Crippen LogP contribution in [0.3, 0.4) is 0 Å². The fraction of sp³-hybridized carbons (Fsp3) is 1.00. The predicted octanol–water partition coefficient (Wildman–Crippen LogP) is 0.404. The van der Waals surface area contributed by atoms with Crippen molar-refractivity contribution in [2.24, 2.45) is 5.92 Å². The normalized spacial score (nSPS) is 38.2. The Morgan fingerprint density at radius 2 is 2.38 bits per heavy atom. The van der Waals surface area contributed by atoms with Crippen molar-refractivity contribution in [1.82, 2.24) is 0 Å². The van der Waals surface area contributed by atoms with Gasteiger partial charge in [-0.05, 0) is 6.42 Å². The molecule has 0 radical (unpaired) electrons. The van der Waals surface area contributed by atoms with Gasteiger partial charge in [-0.25, -0.2) is 0 Å². The molecular weight excluding hydrogens is 104 g/mol. The molecule has 8 heavy (non-hydrogen) atoms. The smallest absolute Gasteiger partial charge is 0.0823 e. The van der Waals surface area contributed by atoms with Crippen LogP contribution >= 0.6 is 0 Å². The molecule has 0 aromatic carbocycles. The standard InChI is InChI=1S/C6H12O2/c1-2-5-3-8-4-6(5)7/h5-7H,2-4H2,1H3/t5-,6+/m0/s1. The summed E-state index contributed by atoms with van der Waals surface area (Å²) in [6.07, 6.45) is 0.834. The average molecular weight is 116 g/mol. The van der Waals surface area contributed by atoms with Crippen molar-refractivity contribution in [1.29, 1.82) is 0 Å². The lowest BCUT2D eigenvalue weighted by molar-refractivity contribution is 0.118. The van der Waals surface area contributed by atoms with Crippen LogP contribution in [0.5, 0.6) is 0 Å². The van der Waals surface area contributed by atoms with Crippen molar-refractivity contribution in [2.75, 3.05) is 13.2 Å². The van der Waals surface area contributed by atoms with E-state index in [0.717, 1.165) is 13.0 Å². The molecule has 0 aromatic rings. The molecule has 0 amide bonds. The monoisotopic (exact) mass is 116 g/mol. The van der Waals surface area contributed by atoms with Gasteiger partial charge in [-0.1, -0.05) is 6.92 Å². The molecule has 0 spiro atoms. The summed E-state index contributed by atoms with van der Waals surface area (Å²) in [6.45, 7) is 3.36. The zero-order valence-electron chi connectivity index (χ0n) is 5.13. The molecule has 2 atom stereocenters. The van der Waals surface area contributed by atoms with Gasteiger partial charge in [-0.3, -0.25) is 0 Å². The first-order valence-corrected chi connectivity index (χ1v) is 3.10. The zero-order chi connectivity index (χ0) is 5.98. The molecule has 0 bridgehead atoms. The number of hydrogen-bond acceptors (Lipinski definition) is 2. The van der Waals surface area contributed by atoms with Gasteiger partial charge in [-0.15, -0.1) is 0 Å². The molecule has 1 saturated heterocycles. The molecule has 2 nitrogen and oxygen atoms in total. The minimum absolute atomic E-state index is 0.194. The van der Waals surface area contributed by atoms with Gasteiger partial charge in [0.25, 0.3) is 0 Å². The second kappa shape index (κ2) is 2.46. The van der Waals surface area contributed by atoms with E-state index >= 15 is 0 Å². The second-order valence-electron chi connectivity index (χ2n) is 2.27. The van der Waals surface area contributed by atoms with Gasteiger partial charge < -0.3 is 9.84 Å². The Hall–Kier alpha value is -0.0800. The fourth-order valence-corrected chi connectivity index (χ4v) is 0.977. The minimum Gasteiger partial charge on any atom is -0.390 e. The van der Waals surface area contributed by atoms with Crippen molar-refractivity contribution in [3.63, 3.8) is 0 Å². The number of aliphatic hydroxyl groups excluding tert-OH is 1. The maximum Gasteiger partial charge on any atom is 0.0823 e. The largest absolute Gasteiger partial charge is 0.390 e. The highest BCUT2D eigenvalue weighted by Crippen LogP contribution is 2.15. The Bertz CT molecular complexity index is 72.9. The van der Waals surface area contributed by atoms with E-state index in [1.807, 2.05) is 0 Å². The van der Waals surface area contributed by atoms with E-state index < -0.39 is 0 Å². The van der Waals surface area contributed by atoms with E-state index in [9.17, 15) is 0 Å². The van der Waals surface area contributed by atoms with Gasteiger partial charge in [0.1, 0.15) is 0 Å². The van der Waals surface area contributed by atoms with Crippen LogP contribution in [-0.4, -0.2) is 24.4 Å². The first kappa shape index (κ1) is 6.05. The van der Waals surface area contributed by atoms with E-state index in [-0.39, 0.29) is 6.10 Å². The number of aliphatic hydroxyl groups is 1. The molecule has 0 saturated carbocycles. The molecule has 2 heteroatoms. The van der Waals surface area contributed by atoms with Gasteiger partial charge in [0.15, 0.2) is 0 Å². The summed E-state index contributed by atoms with van der Waals surface area (Å²) < 4.78 is 5.01. The van der Waals surface area contributed by atoms with Crippen LogP contribution in [-0.2, 0) is 4.74 Å². The van der Waals surface area contributed by atoms with Gasteiger partial charge in [0.05, 0.1) is 19.3 Å². The fourth-order valence-electron chi connectivity index (χ4n) is 0.977. The van der Waals surface area contributed by atoms with E-state index in [4.69, 9.17) is 9.84 Å². The van der Waals surface area contributed by atoms with Gasteiger partial charge >= 0.3 is 0 Å². The molecule has 0 aromatic heterocycles. The molecule has 1 fully saturated rings. The Labute approximate surface area is 49.5 Å². The number of rotatable bonds is 1. The Kier molecular flexibility index (Phi) is 1.86. The second-order valence-corrected chi connectivity index (χ2v) is 2.27. The summed E-state index contributed by atoms with van der Waals surface area (Å²) in [5, 5.41) is 9.06. The molecule has 48 valence electrons. The van der Waals surface area contributed by atoms with E-state index in [1.165, 1.54) is 0 Å². The third-order valence-corrected chi connectivity index (χ3v) is 1.69. The minimum atomic E-state index is -0.194. The van der Waals surface area contributed by atoms with E-state index in [2.05, 4.69) is 6.92 Å². The Morgan fingerprint density at radius 1 is 1.62 bits per heavy atom. The molecule has 1 heterocycles. The highest BCUT2D eigenvalue weighted by atomic mass is 16.5. The maximum absolute atomic E-state index is 9.06. The molecule has 1 rings (SSSR count). The van der Waals surface area contributed by atoms with Gasteiger partial charge in [0.2, 0.25) is 0 Å². The molecular formula is C6H12O2. The van der Waals surface area contributed by atoms with Crippen molar-refractivity contribution < 1.29 is 9.84 Å². The first-order valence-electron chi connectivity index (χ1n) is 3.10. The average Bonchev–Trinajstić information content (AvgIpc) is 2.14. The van der Waals surface area contributed by atoms with E-state index in [0.29, 0.717) is 12.5 Å². The van der Waals surface area contributed by atoms with Gasteiger partial charge in [0, 0.05) is 5.92 Å². The van der Waals surface area contributed by atoms with Crippen LogP contribution in [0.1, 0.15) is 13.3 Å². The van der Waals surface area contributed by atoms with Crippen LogP contribution < -0.4 is 0 Å². The summed E-state index contributed by atoms with van der Waals surface area (Å²) in [5.41, 5.74) is 0. The topological polar surface area (TPSA) is 29.5 Å². The van der Waals surface area contributed by atoms with Crippen LogP contribution in [0.4, 0.5) is 0 Å². The Balaban J connectivity index is 2.30. The lowest BCUT2D eigenvalue weighted by atomic mass is 10.0. The molecule has 0 aliphatic carbocycles. The summed E-state index contributed by atoms with van der Waals surface area (Å²) in [6, 6.07) is 0. The highest BCUT2D eigenvalue weighted by molar-refractivity contribution is 4.71. The third-order valence-electron chi connectivity index (χ3n) is 1.69. The number of ether oxygens (including phenoxy) is 1.